The number of hydrogen-bond donors (Lipinski definition) is 4. The summed E-state index contributed by atoms with van der Waals surface area (Å²) in [6.45, 7) is 16.4. The molecule has 0 aliphatic carbocycles. The smallest absolute Gasteiger partial charge is 0.276 e. The first-order chi connectivity index (χ1) is 29.2. The molecule has 0 unspecified atom stereocenters. The highest BCUT2D eigenvalue weighted by molar-refractivity contribution is 6.05. The molecule has 324 valence electrons. The van der Waals surface area contributed by atoms with Gasteiger partial charge in [-0.15, -0.1) is 0 Å². The highest BCUT2D eigenvalue weighted by Gasteiger charge is 2.23. The molecule has 4 aromatic heterocycles. The number of primary amides is 2. The Morgan fingerprint density at radius 1 is 0.787 bits per heavy atom. The van der Waals surface area contributed by atoms with Gasteiger partial charge in [-0.1, -0.05) is 32.1 Å². The summed E-state index contributed by atoms with van der Waals surface area (Å²) < 4.78 is 18.6. The molecule has 0 fully saturated rings. The van der Waals surface area contributed by atoms with Gasteiger partial charge in [-0.2, -0.15) is 10.2 Å². The number of rotatable bonds is 18. The molecule has 0 saturated heterocycles. The fraction of sp³-hybridized carbons (Fsp3) is 0.395. The second-order valence-corrected chi connectivity index (χ2v) is 14.9. The van der Waals surface area contributed by atoms with Crippen molar-refractivity contribution < 1.29 is 28.7 Å². The first-order valence-corrected chi connectivity index (χ1v) is 20.2. The van der Waals surface area contributed by atoms with Crippen LogP contribution in [0, 0.1) is 26.7 Å². The maximum absolute atomic E-state index is 13.7. The number of nitrogens with zero attached hydrogens (tertiary/aromatic N) is 8. The minimum Gasteiger partial charge on any atom is -0.491 e. The first kappa shape index (κ1) is 45.3. The highest BCUT2D eigenvalue weighted by atomic mass is 16.5. The van der Waals surface area contributed by atoms with E-state index in [0.717, 1.165) is 34.3 Å². The third-order valence-corrected chi connectivity index (χ3v) is 9.60. The summed E-state index contributed by atoms with van der Waals surface area (Å²) >= 11 is 0. The summed E-state index contributed by atoms with van der Waals surface area (Å²) in [6, 6.07) is 10.9. The average Bonchev–Trinajstić information content (AvgIpc) is 3.97. The Bertz CT molecular complexity index is 2560. The number of hydrogen-bond acceptors (Lipinski definition) is 10. The molecule has 18 heteroatoms. The van der Waals surface area contributed by atoms with E-state index >= 15 is 0 Å². The van der Waals surface area contributed by atoms with E-state index < -0.39 is 11.8 Å². The van der Waals surface area contributed by atoms with Gasteiger partial charge in [0.25, 0.3) is 11.8 Å². The molecule has 0 spiro atoms. The van der Waals surface area contributed by atoms with Gasteiger partial charge in [-0.25, -0.2) is 9.97 Å². The van der Waals surface area contributed by atoms with Gasteiger partial charge in [0.2, 0.25) is 24.2 Å². The van der Waals surface area contributed by atoms with Crippen molar-refractivity contribution in [1.29, 1.82) is 0 Å². The molecule has 6 aromatic rings. The van der Waals surface area contributed by atoms with Crippen molar-refractivity contribution in [2.24, 2.45) is 17.4 Å². The number of benzene rings is 2. The van der Waals surface area contributed by atoms with Gasteiger partial charge < -0.3 is 30.1 Å². The molecule has 61 heavy (non-hydrogen) atoms. The SMILES string of the molecule is CCn1nc(C)cc1C(=O)Nc1nc2cc(C)cc(CC(C)C)c2n1C/C=C/Cn1c(NC(=O)c2cc(C)nn2CC)nc2cc(C(N)=O)cc(OCCCOC)c21.NC=O. The zero-order valence-electron chi connectivity index (χ0n) is 36.1. The number of aromatic nitrogens is 8. The number of nitrogens with one attached hydrogen (secondary N) is 2. The predicted molar refractivity (Wildman–Crippen MR) is 234 cm³/mol. The Morgan fingerprint density at radius 2 is 1.31 bits per heavy atom. The summed E-state index contributed by atoms with van der Waals surface area (Å²) in [5.74, 6) is 0.0982. The lowest BCUT2D eigenvalue weighted by atomic mass is 9.99. The topological polar surface area (TPSA) is 234 Å². The molecule has 6 rings (SSSR count). The molecule has 0 atom stereocenters. The monoisotopic (exact) mass is 836 g/mol. The number of methoxy groups -OCH3 is 1. The van der Waals surface area contributed by atoms with Crippen molar-refractivity contribution >= 4 is 58.1 Å². The molecular formula is C43H56N12O6. The number of allylic oxidation sites excluding steroid dienone is 2. The van der Waals surface area contributed by atoms with E-state index in [-0.39, 0.29) is 30.4 Å². The van der Waals surface area contributed by atoms with E-state index in [1.54, 1.807) is 40.7 Å². The number of fused-ring (bicyclic) bond motifs is 2. The summed E-state index contributed by atoms with van der Waals surface area (Å²) in [6.07, 6.45) is 5.62. The Kier molecular flexibility index (Phi) is 15.2. The molecule has 0 saturated carbocycles. The largest absolute Gasteiger partial charge is 0.491 e. The minimum atomic E-state index is -0.636. The Balaban J connectivity index is 0.00000228. The van der Waals surface area contributed by atoms with Crippen molar-refractivity contribution in [3.63, 3.8) is 0 Å². The highest BCUT2D eigenvalue weighted by Crippen LogP contribution is 2.32. The van der Waals surface area contributed by atoms with E-state index in [1.165, 1.54) is 0 Å². The Labute approximate surface area is 354 Å². The minimum absolute atomic E-state index is 0.221. The molecular weight excluding hydrogens is 781 g/mol. The van der Waals surface area contributed by atoms with Crippen LogP contribution in [0.4, 0.5) is 11.9 Å². The third-order valence-electron chi connectivity index (χ3n) is 9.60. The van der Waals surface area contributed by atoms with Crippen LogP contribution in [0.25, 0.3) is 22.1 Å². The number of imidazole rings is 2. The van der Waals surface area contributed by atoms with Gasteiger partial charge in [0.05, 0.1) is 34.5 Å². The van der Waals surface area contributed by atoms with Gasteiger partial charge in [0.1, 0.15) is 22.7 Å². The van der Waals surface area contributed by atoms with Crippen LogP contribution in [0.2, 0.25) is 0 Å². The van der Waals surface area contributed by atoms with Crippen molar-refractivity contribution in [3.05, 3.63) is 88.0 Å². The maximum Gasteiger partial charge on any atom is 0.276 e. The summed E-state index contributed by atoms with van der Waals surface area (Å²) in [7, 11) is 1.62. The van der Waals surface area contributed by atoms with Crippen molar-refractivity contribution in [3.8, 4) is 5.75 Å². The average molecular weight is 837 g/mol. The lowest BCUT2D eigenvalue weighted by Crippen LogP contribution is -2.20. The maximum atomic E-state index is 13.7. The van der Waals surface area contributed by atoms with Crippen LogP contribution < -0.4 is 26.8 Å². The van der Waals surface area contributed by atoms with Crippen LogP contribution in [0.3, 0.4) is 0 Å². The Morgan fingerprint density at radius 3 is 1.80 bits per heavy atom. The van der Waals surface area contributed by atoms with Gasteiger partial charge >= 0.3 is 0 Å². The van der Waals surface area contributed by atoms with E-state index in [2.05, 4.69) is 46.5 Å². The molecule has 4 amide bonds. The number of carbonyl (C=O) groups is 4. The molecule has 2 aromatic carbocycles. The second kappa shape index (κ2) is 20.4. The normalized spacial score (nSPS) is 11.4. The standard InChI is InChI=1S/C42H53N11O5.CH3NO/c1-9-52-33(21-27(6)48-52)39(55)46-41-44-31-20-26(5)19-29(18-25(3)4)36(31)50(41)14-11-12-15-51-37-32(23-30(38(43)54)24-35(37)58-17-13-16-57-8)45-42(51)47-40(56)34-22-28(7)49-53(34)10-2;2-1-3/h11-12,19-25H,9-10,13-18H2,1-8H3,(H2,43,54)(H,44,46,55)(H,45,47,56);1H,(H2,2,3)/b12-11+;. The van der Waals surface area contributed by atoms with Crippen LogP contribution >= 0.6 is 0 Å². The van der Waals surface area contributed by atoms with Gasteiger partial charge in [0, 0.05) is 51.9 Å². The van der Waals surface area contributed by atoms with E-state index in [1.807, 2.05) is 62.0 Å². The van der Waals surface area contributed by atoms with Crippen LogP contribution in [0.15, 0.2) is 48.6 Å². The van der Waals surface area contributed by atoms with Gasteiger partial charge in [-0.05, 0) is 88.4 Å². The third kappa shape index (κ3) is 10.7. The lowest BCUT2D eigenvalue weighted by molar-refractivity contribution is -0.106. The zero-order chi connectivity index (χ0) is 44.4. The molecule has 0 aliphatic heterocycles. The molecule has 0 radical (unpaired) electrons. The summed E-state index contributed by atoms with van der Waals surface area (Å²) in [5.41, 5.74) is 17.3. The van der Waals surface area contributed by atoms with Crippen molar-refractivity contribution in [2.75, 3.05) is 31.0 Å². The number of amides is 4. The van der Waals surface area contributed by atoms with Crippen molar-refractivity contribution in [1.82, 2.24) is 38.7 Å². The Hall–Kier alpha value is -6.82. The number of carbonyl (C=O) groups excluding carboxylic acids is 4. The van der Waals surface area contributed by atoms with Crippen LogP contribution in [-0.4, -0.2) is 83.1 Å². The molecule has 0 bridgehead atoms. The quantitative estimate of drug-likeness (QED) is 0.0494. The van der Waals surface area contributed by atoms with Crippen LogP contribution in [0.5, 0.6) is 5.75 Å². The predicted octanol–water partition coefficient (Wildman–Crippen LogP) is 5.32. The number of ether oxygens (including phenoxy) is 2. The number of anilines is 2. The van der Waals surface area contributed by atoms with Crippen molar-refractivity contribution in [2.45, 2.75) is 87.5 Å². The zero-order valence-corrected chi connectivity index (χ0v) is 36.1. The van der Waals surface area contributed by atoms with E-state index in [0.29, 0.717) is 85.0 Å². The second-order valence-electron chi connectivity index (χ2n) is 14.9. The van der Waals surface area contributed by atoms with Gasteiger partial charge in [-0.3, -0.25) is 39.2 Å². The lowest BCUT2D eigenvalue weighted by Gasteiger charge is -2.14. The number of aryl methyl sites for hydroxylation is 5. The summed E-state index contributed by atoms with van der Waals surface area (Å²) in [5, 5.41) is 14.9. The molecule has 6 N–H and O–H groups in total. The number of nitrogens with two attached hydrogens (primary N) is 2. The summed E-state index contributed by atoms with van der Waals surface area (Å²) in [4.78, 5) is 58.2. The molecule has 4 heterocycles. The van der Waals surface area contributed by atoms with E-state index in [4.69, 9.17) is 30.0 Å². The fourth-order valence-corrected chi connectivity index (χ4v) is 7.15. The van der Waals surface area contributed by atoms with E-state index in [9.17, 15) is 14.4 Å². The molecule has 18 nitrogen and oxygen atoms in total. The first-order valence-electron chi connectivity index (χ1n) is 20.2. The fourth-order valence-electron chi connectivity index (χ4n) is 7.15. The van der Waals surface area contributed by atoms with Crippen LogP contribution in [0.1, 0.15) is 88.0 Å². The van der Waals surface area contributed by atoms with Gasteiger partial charge in [0.15, 0.2) is 0 Å². The molecule has 0 aliphatic rings. The van der Waals surface area contributed by atoms with Crippen LogP contribution in [-0.2, 0) is 42.1 Å².